The van der Waals surface area contributed by atoms with E-state index in [0.717, 1.165) is 19.6 Å². The number of rotatable bonds is 6. The van der Waals surface area contributed by atoms with Gasteiger partial charge >= 0.3 is 0 Å². The van der Waals surface area contributed by atoms with Crippen LogP contribution < -0.4 is 0 Å². The molecule has 0 aromatic heterocycles. The van der Waals surface area contributed by atoms with Gasteiger partial charge in [0.2, 0.25) is 10.0 Å². The van der Waals surface area contributed by atoms with Crippen LogP contribution in [0.25, 0.3) is 0 Å². The van der Waals surface area contributed by atoms with Crippen LogP contribution in [-0.2, 0) is 16.6 Å². The molecule has 1 aromatic rings. The maximum absolute atomic E-state index is 12.6. The Bertz CT molecular complexity index is 586. The van der Waals surface area contributed by atoms with E-state index in [9.17, 15) is 8.42 Å². The summed E-state index contributed by atoms with van der Waals surface area (Å²) in [6, 6.07) is 4.56. The highest BCUT2D eigenvalue weighted by molar-refractivity contribution is 7.89. The van der Waals surface area contributed by atoms with Gasteiger partial charge in [-0.15, -0.1) is 0 Å². The Balaban J connectivity index is 2.12. The van der Waals surface area contributed by atoms with Gasteiger partial charge in [0.05, 0.1) is 11.6 Å². The summed E-state index contributed by atoms with van der Waals surface area (Å²) in [5.41, 5.74) is 0.533. The Morgan fingerprint density at radius 2 is 2.00 bits per heavy atom. The first-order chi connectivity index (χ1) is 9.95. The number of likely N-dealkylation sites (N-methyl/N-ethyl adjacent to an activating group) is 1. The smallest absolute Gasteiger partial charge is 0.244 e. The summed E-state index contributed by atoms with van der Waals surface area (Å²) in [7, 11) is -2.07. The van der Waals surface area contributed by atoms with Crippen LogP contribution in [0.3, 0.4) is 0 Å². The van der Waals surface area contributed by atoms with Crippen LogP contribution in [0.4, 0.5) is 0 Å². The van der Waals surface area contributed by atoms with Crippen molar-refractivity contribution in [1.29, 1.82) is 0 Å². The lowest BCUT2D eigenvalue weighted by Gasteiger charge is -2.22. The monoisotopic (exact) mass is 332 g/mol. The van der Waals surface area contributed by atoms with Gasteiger partial charge in [0.1, 0.15) is 4.90 Å². The zero-order valence-corrected chi connectivity index (χ0v) is 13.7. The third-order valence-electron chi connectivity index (χ3n) is 3.80. The van der Waals surface area contributed by atoms with E-state index in [1.165, 1.54) is 29.3 Å². The number of sulfonamides is 1. The average Bonchev–Trinajstić information content (AvgIpc) is 2.98. The Labute approximate surface area is 131 Å². The van der Waals surface area contributed by atoms with Crippen molar-refractivity contribution in [3.05, 3.63) is 28.8 Å². The molecule has 0 radical (unpaired) electrons. The van der Waals surface area contributed by atoms with Gasteiger partial charge in [-0.25, -0.2) is 8.42 Å². The first-order valence-electron chi connectivity index (χ1n) is 7.03. The number of likely N-dealkylation sites (tertiary alicyclic amines) is 1. The quantitative estimate of drug-likeness (QED) is 0.858. The summed E-state index contributed by atoms with van der Waals surface area (Å²) < 4.78 is 26.5. The second kappa shape index (κ2) is 7.07. The molecule has 0 saturated carbocycles. The summed E-state index contributed by atoms with van der Waals surface area (Å²) in [5.74, 6) is 0. The van der Waals surface area contributed by atoms with Crippen LogP contribution in [0.1, 0.15) is 18.4 Å². The van der Waals surface area contributed by atoms with Crippen molar-refractivity contribution < 1.29 is 13.5 Å². The molecule has 0 amide bonds. The van der Waals surface area contributed by atoms with Crippen LogP contribution >= 0.6 is 11.6 Å². The zero-order valence-electron chi connectivity index (χ0n) is 12.1. The molecule has 1 N–H and O–H groups in total. The van der Waals surface area contributed by atoms with E-state index in [4.69, 9.17) is 16.7 Å². The fraction of sp³-hybridized carbons (Fsp3) is 0.571. The van der Waals surface area contributed by atoms with E-state index < -0.39 is 10.0 Å². The topological polar surface area (TPSA) is 60.9 Å². The number of halogens is 1. The van der Waals surface area contributed by atoms with Gasteiger partial charge in [-0.1, -0.05) is 17.7 Å². The molecule has 0 aliphatic carbocycles. The van der Waals surface area contributed by atoms with Gasteiger partial charge in [-0.05, 0) is 43.6 Å². The minimum atomic E-state index is -3.63. The Morgan fingerprint density at radius 1 is 1.33 bits per heavy atom. The summed E-state index contributed by atoms with van der Waals surface area (Å²) in [6.07, 6.45) is 2.36. The van der Waals surface area contributed by atoms with Crippen LogP contribution in [-0.4, -0.2) is 56.0 Å². The lowest BCUT2D eigenvalue weighted by Crippen LogP contribution is -2.35. The Hall–Kier alpha value is -0.660. The fourth-order valence-electron chi connectivity index (χ4n) is 2.42. The van der Waals surface area contributed by atoms with Crippen molar-refractivity contribution in [2.75, 3.05) is 33.2 Å². The third-order valence-corrected chi connectivity index (χ3v) is 6.13. The molecule has 0 spiro atoms. The van der Waals surface area contributed by atoms with E-state index in [2.05, 4.69) is 4.90 Å². The van der Waals surface area contributed by atoms with Gasteiger partial charge in [0.15, 0.2) is 0 Å². The number of hydrogen-bond acceptors (Lipinski definition) is 4. The highest BCUT2D eigenvalue weighted by Crippen LogP contribution is 2.25. The molecule has 1 aliphatic heterocycles. The van der Waals surface area contributed by atoms with E-state index in [1.807, 2.05) is 0 Å². The van der Waals surface area contributed by atoms with Crippen molar-refractivity contribution in [1.82, 2.24) is 9.21 Å². The summed E-state index contributed by atoms with van der Waals surface area (Å²) in [4.78, 5) is 2.32. The summed E-state index contributed by atoms with van der Waals surface area (Å²) in [6.45, 7) is 3.02. The molecule has 1 aliphatic rings. The van der Waals surface area contributed by atoms with E-state index in [0.29, 0.717) is 12.1 Å². The SMILES string of the molecule is CN(CCN1CCCC1)S(=O)(=O)c1cc(CO)ccc1Cl. The second-order valence-electron chi connectivity index (χ2n) is 5.30. The lowest BCUT2D eigenvalue weighted by molar-refractivity contribution is 0.281. The molecule has 21 heavy (non-hydrogen) atoms. The van der Waals surface area contributed by atoms with E-state index in [-0.39, 0.29) is 16.5 Å². The maximum Gasteiger partial charge on any atom is 0.244 e. The molecule has 1 saturated heterocycles. The van der Waals surface area contributed by atoms with Crippen molar-refractivity contribution in [2.24, 2.45) is 0 Å². The highest BCUT2D eigenvalue weighted by Gasteiger charge is 2.24. The molecule has 7 heteroatoms. The molecule has 1 fully saturated rings. The second-order valence-corrected chi connectivity index (χ2v) is 7.72. The number of aliphatic hydroxyl groups excluding tert-OH is 1. The minimum Gasteiger partial charge on any atom is -0.392 e. The van der Waals surface area contributed by atoms with Crippen LogP contribution in [0.15, 0.2) is 23.1 Å². The van der Waals surface area contributed by atoms with Crippen molar-refractivity contribution in [3.8, 4) is 0 Å². The predicted molar refractivity (Wildman–Crippen MR) is 82.9 cm³/mol. The fourth-order valence-corrected chi connectivity index (χ4v) is 4.10. The largest absolute Gasteiger partial charge is 0.392 e. The highest BCUT2D eigenvalue weighted by atomic mass is 35.5. The van der Waals surface area contributed by atoms with Gasteiger partial charge in [-0.2, -0.15) is 4.31 Å². The summed E-state index contributed by atoms with van der Waals surface area (Å²) in [5, 5.41) is 9.33. The van der Waals surface area contributed by atoms with Crippen LogP contribution in [0.2, 0.25) is 5.02 Å². The number of aliphatic hydroxyl groups is 1. The first kappa shape index (κ1) is 16.7. The molecule has 118 valence electrons. The molecular formula is C14H21ClN2O3S. The summed E-state index contributed by atoms with van der Waals surface area (Å²) >= 11 is 6.01. The molecule has 1 heterocycles. The lowest BCUT2D eigenvalue weighted by atomic mass is 10.2. The number of nitrogens with zero attached hydrogens (tertiary/aromatic N) is 2. The van der Waals surface area contributed by atoms with Crippen LogP contribution in [0.5, 0.6) is 0 Å². The Kier molecular flexibility index (Phi) is 5.62. The minimum absolute atomic E-state index is 0.0552. The molecule has 1 aromatic carbocycles. The van der Waals surface area contributed by atoms with Crippen LogP contribution in [0, 0.1) is 0 Å². The zero-order chi connectivity index (χ0) is 15.5. The van der Waals surface area contributed by atoms with Gasteiger partial charge < -0.3 is 10.0 Å². The molecule has 0 unspecified atom stereocenters. The molecule has 0 bridgehead atoms. The van der Waals surface area contributed by atoms with Crippen molar-refractivity contribution in [2.45, 2.75) is 24.3 Å². The standard InChI is InChI=1S/C14H21ClN2O3S/c1-16(8-9-17-6-2-3-7-17)21(19,20)14-10-12(11-18)4-5-13(14)15/h4-5,10,18H,2-3,6-9,11H2,1H3. The number of benzene rings is 1. The van der Waals surface area contributed by atoms with Gasteiger partial charge in [-0.3, -0.25) is 0 Å². The molecule has 2 rings (SSSR count). The Morgan fingerprint density at radius 3 is 2.62 bits per heavy atom. The van der Waals surface area contributed by atoms with Crippen molar-refractivity contribution >= 4 is 21.6 Å². The van der Waals surface area contributed by atoms with E-state index in [1.54, 1.807) is 13.1 Å². The third kappa shape index (κ3) is 3.96. The molecule has 5 nitrogen and oxygen atoms in total. The normalized spacial score (nSPS) is 16.8. The van der Waals surface area contributed by atoms with E-state index >= 15 is 0 Å². The maximum atomic E-state index is 12.6. The van der Waals surface area contributed by atoms with Gasteiger partial charge in [0, 0.05) is 20.1 Å². The first-order valence-corrected chi connectivity index (χ1v) is 8.85. The van der Waals surface area contributed by atoms with Crippen molar-refractivity contribution in [3.63, 3.8) is 0 Å². The molecular weight excluding hydrogens is 312 g/mol. The average molecular weight is 333 g/mol. The predicted octanol–water partition coefficient (Wildman–Crippen LogP) is 1.55. The van der Waals surface area contributed by atoms with Gasteiger partial charge in [0.25, 0.3) is 0 Å². The number of hydrogen-bond donors (Lipinski definition) is 1. The molecule has 0 atom stereocenters.